The lowest BCUT2D eigenvalue weighted by molar-refractivity contribution is 0.323. The minimum Gasteiger partial charge on any atom is -0.273 e. The summed E-state index contributed by atoms with van der Waals surface area (Å²) in [5.74, 6) is 0.184. The van der Waals surface area contributed by atoms with Crippen LogP contribution in [0.15, 0.2) is 0 Å². The predicted octanol–water partition coefficient (Wildman–Crippen LogP) is 1.87. The molecule has 1 N–H and O–H groups in total. The van der Waals surface area contributed by atoms with Gasteiger partial charge in [0.2, 0.25) is 0 Å². The maximum atomic E-state index is 10.8. The molecular formula is C5H10Cl3NO3S. The van der Waals surface area contributed by atoms with Gasteiger partial charge in [0.05, 0.1) is 5.50 Å². The Bertz CT molecular complexity index is 243. The third kappa shape index (κ3) is 4.67. The predicted molar refractivity (Wildman–Crippen MR) is 53.7 cm³/mol. The highest BCUT2D eigenvalue weighted by atomic mass is 35.5. The molecule has 0 aromatic heterocycles. The third-order valence-electron chi connectivity index (χ3n) is 1.24. The van der Waals surface area contributed by atoms with Crippen molar-refractivity contribution in [2.45, 2.75) is 24.3 Å². The first-order valence-electron chi connectivity index (χ1n) is 3.40. The van der Waals surface area contributed by atoms with E-state index in [1.54, 1.807) is 0 Å². The van der Waals surface area contributed by atoms with E-state index in [1.807, 2.05) is 0 Å². The molecule has 4 nitrogen and oxygen atoms in total. The largest absolute Gasteiger partial charge is 0.338 e. The van der Waals surface area contributed by atoms with Crippen molar-refractivity contribution in [3.8, 4) is 0 Å². The molecule has 0 fully saturated rings. The number of alkyl halides is 3. The molecule has 0 rings (SSSR count). The van der Waals surface area contributed by atoms with Gasteiger partial charge in [-0.3, -0.25) is 4.55 Å². The van der Waals surface area contributed by atoms with Gasteiger partial charge in [-0.1, -0.05) is 0 Å². The van der Waals surface area contributed by atoms with Crippen molar-refractivity contribution in [3.63, 3.8) is 0 Å². The second-order valence-electron chi connectivity index (χ2n) is 2.29. The van der Waals surface area contributed by atoms with E-state index in [-0.39, 0.29) is 12.3 Å². The lowest BCUT2D eigenvalue weighted by Gasteiger charge is -2.25. The van der Waals surface area contributed by atoms with Crippen LogP contribution in [0.3, 0.4) is 0 Å². The van der Waals surface area contributed by atoms with E-state index in [2.05, 4.69) is 0 Å². The van der Waals surface area contributed by atoms with E-state index < -0.39 is 21.3 Å². The van der Waals surface area contributed by atoms with Gasteiger partial charge in [0.25, 0.3) is 0 Å². The summed E-state index contributed by atoms with van der Waals surface area (Å²) >= 11 is 16.5. The monoisotopic (exact) mass is 269 g/mol. The van der Waals surface area contributed by atoms with Crippen LogP contribution in [-0.4, -0.2) is 34.2 Å². The molecule has 0 aliphatic rings. The summed E-state index contributed by atoms with van der Waals surface area (Å²) in [4.78, 5) is 0. The lowest BCUT2D eigenvalue weighted by atomic mass is 10.4. The maximum Gasteiger partial charge on any atom is 0.338 e. The fourth-order valence-corrected chi connectivity index (χ4v) is 2.92. The molecule has 0 amide bonds. The molecule has 0 aromatic rings. The zero-order valence-electron chi connectivity index (χ0n) is 6.82. The average Bonchev–Trinajstić information content (AvgIpc) is 1.82. The molecule has 2 unspecified atom stereocenters. The van der Waals surface area contributed by atoms with Gasteiger partial charge in [-0.25, -0.2) is 0 Å². The van der Waals surface area contributed by atoms with Crippen LogP contribution in [0.5, 0.6) is 0 Å². The fraction of sp³-hybridized carbons (Fsp3) is 1.00. The molecule has 0 heterocycles. The van der Waals surface area contributed by atoms with Crippen molar-refractivity contribution in [2.75, 3.05) is 5.88 Å². The Hall–Kier alpha value is 0.740. The topological polar surface area (TPSA) is 57.6 Å². The Labute approximate surface area is 92.6 Å². The highest BCUT2D eigenvalue weighted by Gasteiger charge is 2.30. The van der Waals surface area contributed by atoms with E-state index >= 15 is 0 Å². The van der Waals surface area contributed by atoms with E-state index in [1.165, 1.54) is 6.92 Å². The molecule has 2 atom stereocenters. The van der Waals surface area contributed by atoms with Crippen LogP contribution in [0.2, 0.25) is 0 Å². The molecule has 0 bridgehead atoms. The van der Waals surface area contributed by atoms with E-state index in [4.69, 9.17) is 39.4 Å². The fourth-order valence-electron chi connectivity index (χ4n) is 0.768. The minimum atomic E-state index is -4.37. The number of halogens is 3. The molecule has 0 saturated carbocycles. The average molecular weight is 271 g/mol. The highest BCUT2D eigenvalue weighted by molar-refractivity contribution is 7.83. The quantitative estimate of drug-likeness (QED) is 0.471. The summed E-state index contributed by atoms with van der Waals surface area (Å²) < 4.78 is 30.8. The SMILES string of the molecule is CC(Cl)N(C(Cl)CCCl)S(=O)(=O)O. The first kappa shape index (κ1) is 13.7. The summed E-state index contributed by atoms with van der Waals surface area (Å²) in [5, 5.41) is 0. The lowest BCUT2D eigenvalue weighted by Crippen LogP contribution is -2.40. The Morgan fingerprint density at radius 2 is 1.92 bits per heavy atom. The van der Waals surface area contributed by atoms with Crippen molar-refractivity contribution in [1.29, 1.82) is 0 Å². The van der Waals surface area contributed by atoms with Gasteiger partial charge >= 0.3 is 10.3 Å². The van der Waals surface area contributed by atoms with Crippen LogP contribution in [0.1, 0.15) is 13.3 Å². The Kier molecular flexibility index (Phi) is 5.90. The van der Waals surface area contributed by atoms with Gasteiger partial charge in [0.15, 0.2) is 0 Å². The number of rotatable bonds is 5. The van der Waals surface area contributed by atoms with Crippen LogP contribution in [-0.2, 0) is 10.3 Å². The molecule has 80 valence electrons. The maximum absolute atomic E-state index is 10.8. The second-order valence-corrected chi connectivity index (χ2v) is 5.12. The molecule has 0 radical (unpaired) electrons. The summed E-state index contributed by atoms with van der Waals surface area (Å²) in [6.45, 7) is 1.39. The first-order chi connectivity index (χ1) is 5.80. The van der Waals surface area contributed by atoms with Crippen LogP contribution in [0, 0.1) is 0 Å². The molecule has 13 heavy (non-hydrogen) atoms. The first-order valence-corrected chi connectivity index (χ1v) is 6.21. The van der Waals surface area contributed by atoms with Crippen LogP contribution < -0.4 is 0 Å². The normalized spacial score (nSPS) is 17.4. The molecule has 0 aromatic carbocycles. The van der Waals surface area contributed by atoms with Crippen LogP contribution >= 0.6 is 34.8 Å². The standard InChI is InChI=1S/C5H10Cl3NO3S/c1-4(7)9(13(10,11)12)5(8)2-3-6/h4-5H,2-3H2,1H3,(H,10,11,12). The molecular weight excluding hydrogens is 260 g/mol. The van der Waals surface area contributed by atoms with E-state index in [9.17, 15) is 8.42 Å². The summed E-state index contributed by atoms with van der Waals surface area (Å²) in [6.07, 6.45) is 0.208. The van der Waals surface area contributed by atoms with E-state index in [0.29, 0.717) is 4.31 Å². The second kappa shape index (κ2) is 5.58. The minimum absolute atomic E-state index is 0.184. The van der Waals surface area contributed by atoms with Gasteiger partial charge < -0.3 is 0 Å². The molecule has 0 aliphatic carbocycles. The summed E-state index contributed by atoms with van der Waals surface area (Å²) in [7, 11) is -4.37. The highest BCUT2D eigenvalue weighted by Crippen LogP contribution is 2.19. The van der Waals surface area contributed by atoms with Crippen molar-refractivity contribution >= 4 is 45.1 Å². The van der Waals surface area contributed by atoms with Crippen LogP contribution in [0.4, 0.5) is 0 Å². The number of hydrogen-bond donors (Lipinski definition) is 1. The molecule has 0 saturated heterocycles. The smallest absolute Gasteiger partial charge is 0.273 e. The van der Waals surface area contributed by atoms with Gasteiger partial charge in [0, 0.05) is 5.88 Å². The third-order valence-corrected chi connectivity index (χ3v) is 3.43. The zero-order valence-corrected chi connectivity index (χ0v) is 9.91. The van der Waals surface area contributed by atoms with Gasteiger partial charge in [-0.2, -0.15) is 8.42 Å². The van der Waals surface area contributed by atoms with Gasteiger partial charge in [0.1, 0.15) is 5.50 Å². The summed E-state index contributed by atoms with van der Waals surface area (Å²) in [6, 6.07) is 0. The Morgan fingerprint density at radius 3 is 2.15 bits per heavy atom. The Balaban J connectivity index is 4.62. The zero-order chi connectivity index (χ0) is 10.6. The molecule has 0 aliphatic heterocycles. The van der Waals surface area contributed by atoms with Crippen LogP contribution in [0.25, 0.3) is 0 Å². The van der Waals surface area contributed by atoms with Gasteiger partial charge in [-0.05, 0) is 13.3 Å². The summed E-state index contributed by atoms with van der Waals surface area (Å²) in [5.41, 5.74) is -1.85. The van der Waals surface area contributed by atoms with E-state index in [0.717, 1.165) is 0 Å². The van der Waals surface area contributed by atoms with Gasteiger partial charge in [-0.15, -0.1) is 39.1 Å². The number of hydrogen-bond acceptors (Lipinski definition) is 2. The number of nitrogens with zero attached hydrogens (tertiary/aromatic N) is 1. The Morgan fingerprint density at radius 1 is 1.46 bits per heavy atom. The molecule has 0 spiro atoms. The van der Waals surface area contributed by atoms with Crippen molar-refractivity contribution in [2.24, 2.45) is 0 Å². The van der Waals surface area contributed by atoms with Crippen molar-refractivity contribution < 1.29 is 13.0 Å². The molecule has 8 heteroatoms. The van der Waals surface area contributed by atoms with Crippen molar-refractivity contribution in [1.82, 2.24) is 4.31 Å². The van der Waals surface area contributed by atoms with Crippen molar-refractivity contribution in [3.05, 3.63) is 0 Å².